The summed E-state index contributed by atoms with van der Waals surface area (Å²) in [4.78, 5) is 0. The first kappa shape index (κ1) is 35.5. The monoisotopic (exact) mass is 562 g/mol. The molecule has 0 aliphatic carbocycles. The molecule has 0 spiro atoms. The van der Waals surface area contributed by atoms with E-state index in [2.05, 4.69) is 19.1 Å². The van der Waals surface area contributed by atoms with Gasteiger partial charge in [0.2, 0.25) is 0 Å². The van der Waals surface area contributed by atoms with Crippen LogP contribution in [0.4, 0.5) is 0 Å². The Morgan fingerprint density at radius 2 is 0.882 bits per heavy atom. The van der Waals surface area contributed by atoms with E-state index in [0.29, 0.717) is 5.02 Å². The molecule has 0 fully saturated rings. The molecule has 0 N–H and O–H groups in total. The van der Waals surface area contributed by atoms with Gasteiger partial charge >= 0.3 is 29.6 Å². The Morgan fingerprint density at radius 1 is 0.441 bits per heavy atom. The summed E-state index contributed by atoms with van der Waals surface area (Å²) in [6.07, 6.45) is 0. The van der Waals surface area contributed by atoms with E-state index in [0.717, 1.165) is 26.2 Å². The molecule has 0 unspecified atom stereocenters. The third-order valence-electron chi connectivity index (χ3n) is 4.16. The fraction of sp³-hybridized carbons (Fsp3) is 0.143. The van der Waals surface area contributed by atoms with Crippen molar-refractivity contribution in [2.45, 2.75) is 27.7 Å². The van der Waals surface area contributed by atoms with Crippen LogP contribution in [0.5, 0.6) is 0 Å². The van der Waals surface area contributed by atoms with Crippen LogP contribution in [-0.2, 0) is 0 Å². The van der Waals surface area contributed by atoms with E-state index in [1.54, 1.807) is 6.07 Å². The number of rotatable bonds is 0. The first-order valence-electron chi connectivity index (χ1n) is 10.1. The minimum absolute atomic E-state index is 0. The number of halogens is 5. The van der Waals surface area contributed by atoms with Gasteiger partial charge in [0, 0.05) is 20.1 Å². The maximum atomic E-state index is 5.73. The van der Waals surface area contributed by atoms with Gasteiger partial charge in [0.15, 0.2) is 0 Å². The Hall–Kier alpha value is -0.670. The summed E-state index contributed by atoms with van der Waals surface area (Å²) in [6, 6.07) is 31.2. The summed E-state index contributed by atoms with van der Waals surface area (Å²) in [5.41, 5.74) is 4.76. The van der Waals surface area contributed by atoms with Crippen LogP contribution in [0, 0.1) is 27.7 Å². The summed E-state index contributed by atoms with van der Waals surface area (Å²) in [5.74, 6) is 0. The SMILES string of the molecule is Cc1ccc(Cl)cc1.Cc1ccc(Cl)cc1Cl.Cc1ccccc1.Cc1ccccc1Cl.[Cl-].[Na+]. The van der Waals surface area contributed by atoms with Gasteiger partial charge in [-0.2, -0.15) is 0 Å². The van der Waals surface area contributed by atoms with Gasteiger partial charge in [0.1, 0.15) is 0 Å². The van der Waals surface area contributed by atoms with Gasteiger partial charge in [-0.05, 0) is 69.2 Å². The Bertz CT molecular complexity index is 1010. The normalized spacial score (nSPS) is 8.71. The quantitative estimate of drug-likeness (QED) is 0.274. The van der Waals surface area contributed by atoms with Crippen molar-refractivity contribution in [3.63, 3.8) is 0 Å². The van der Waals surface area contributed by atoms with Crippen molar-refractivity contribution in [1.82, 2.24) is 0 Å². The van der Waals surface area contributed by atoms with Gasteiger partial charge in [0.25, 0.3) is 0 Å². The molecule has 0 bridgehead atoms. The van der Waals surface area contributed by atoms with Crippen molar-refractivity contribution >= 4 is 46.4 Å². The first-order valence-corrected chi connectivity index (χ1v) is 11.6. The van der Waals surface area contributed by atoms with Crippen LogP contribution in [0.3, 0.4) is 0 Å². The fourth-order valence-electron chi connectivity index (χ4n) is 2.19. The maximum Gasteiger partial charge on any atom is 1.00 e. The van der Waals surface area contributed by atoms with Crippen LogP contribution in [-0.4, -0.2) is 0 Å². The largest absolute Gasteiger partial charge is 1.00 e. The van der Waals surface area contributed by atoms with Crippen molar-refractivity contribution in [2.24, 2.45) is 0 Å². The predicted molar refractivity (Wildman–Crippen MR) is 145 cm³/mol. The molecule has 0 aromatic heterocycles. The van der Waals surface area contributed by atoms with Gasteiger partial charge in [-0.1, -0.05) is 124 Å². The molecule has 0 saturated carbocycles. The minimum Gasteiger partial charge on any atom is -1.00 e. The second-order valence-electron chi connectivity index (χ2n) is 7.09. The van der Waals surface area contributed by atoms with Crippen molar-refractivity contribution in [3.8, 4) is 0 Å². The van der Waals surface area contributed by atoms with Crippen molar-refractivity contribution in [3.05, 3.63) is 139 Å². The molecular formula is C28H28Cl5Na. The molecule has 6 heteroatoms. The second kappa shape index (κ2) is 20.5. The van der Waals surface area contributed by atoms with Crippen molar-refractivity contribution in [2.75, 3.05) is 0 Å². The second-order valence-corrected chi connectivity index (χ2v) is 8.78. The molecule has 0 atom stereocenters. The molecular weight excluding hydrogens is 537 g/mol. The van der Waals surface area contributed by atoms with E-state index in [1.165, 1.54) is 11.1 Å². The molecule has 0 radical (unpaired) electrons. The van der Waals surface area contributed by atoms with Crippen LogP contribution in [0.2, 0.25) is 20.1 Å². The van der Waals surface area contributed by atoms with Gasteiger partial charge in [0.05, 0.1) is 0 Å². The third-order valence-corrected chi connectivity index (χ3v) is 5.48. The molecule has 0 saturated heterocycles. The zero-order valence-electron chi connectivity index (χ0n) is 20.1. The molecule has 0 aliphatic heterocycles. The average Bonchev–Trinajstić information content (AvgIpc) is 2.77. The summed E-state index contributed by atoms with van der Waals surface area (Å²) in [6.45, 7) is 8.05. The molecule has 0 aliphatic rings. The smallest absolute Gasteiger partial charge is 1.00 e. The third kappa shape index (κ3) is 16.9. The topological polar surface area (TPSA) is 0 Å². The molecule has 0 nitrogen and oxygen atoms in total. The van der Waals surface area contributed by atoms with Gasteiger partial charge in [-0.15, -0.1) is 0 Å². The number of hydrogen-bond donors (Lipinski definition) is 0. The zero-order chi connectivity index (χ0) is 23.9. The summed E-state index contributed by atoms with van der Waals surface area (Å²) >= 11 is 22.7. The first-order chi connectivity index (χ1) is 15.2. The molecule has 0 heterocycles. The minimum atomic E-state index is 0. The number of aryl methyl sites for hydroxylation is 4. The Labute approximate surface area is 253 Å². The van der Waals surface area contributed by atoms with Crippen LogP contribution < -0.4 is 42.0 Å². The van der Waals surface area contributed by atoms with E-state index in [-0.39, 0.29) is 42.0 Å². The molecule has 176 valence electrons. The maximum absolute atomic E-state index is 5.73. The molecule has 4 aromatic carbocycles. The van der Waals surface area contributed by atoms with Crippen LogP contribution in [0.15, 0.2) is 97.1 Å². The Balaban J connectivity index is 0. The summed E-state index contributed by atoms with van der Waals surface area (Å²) in [7, 11) is 0. The van der Waals surface area contributed by atoms with E-state index in [1.807, 2.05) is 99.6 Å². The molecule has 0 amide bonds. The van der Waals surface area contributed by atoms with Crippen molar-refractivity contribution < 1.29 is 42.0 Å². The molecule has 4 aromatic rings. The van der Waals surface area contributed by atoms with Gasteiger partial charge in [-0.3, -0.25) is 0 Å². The summed E-state index contributed by atoms with van der Waals surface area (Å²) < 4.78 is 0. The van der Waals surface area contributed by atoms with Crippen LogP contribution >= 0.6 is 46.4 Å². The Kier molecular flexibility index (Phi) is 21.4. The average molecular weight is 565 g/mol. The number of benzene rings is 4. The van der Waals surface area contributed by atoms with Crippen LogP contribution in [0.1, 0.15) is 22.3 Å². The summed E-state index contributed by atoms with van der Waals surface area (Å²) in [5, 5.41) is 3.05. The molecule has 4 rings (SSSR count). The zero-order valence-corrected chi connectivity index (χ0v) is 25.9. The van der Waals surface area contributed by atoms with Gasteiger partial charge in [-0.25, -0.2) is 0 Å². The Morgan fingerprint density at radius 3 is 1.24 bits per heavy atom. The van der Waals surface area contributed by atoms with E-state index in [9.17, 15) is 0 Å². The van der Waals surface area contributed by atoms with Crippen LogP contribution in [0.25, 0.3) is 0 Å². The van der Waals surface area contributed by atoms with E-state index >= 15 is 0 Å². The molecule has 34 heavy (non-hydrogen) atoms. The van der Waals surface area contributed by atoms with Crippen molar-refractivity contribution in [1.29, 1.82) is 0 Å². The van der Waals surface area contributed by atoms with E-state index < -0.39 is 0 Å². The number of hydrogen-bond acceptors (Lipinski definition) is 0. The standard InChI is InChI=1S/C7H6Cl2.2C7H7Cl.C7H8.ClH.Na/c1-5-2-3-6(8)4-7(5)9;1-6-2-4-7(8)5-3-6;1-6-4-2-3-5-7(6)8;1-7-5-3-2-4-6-7;;/h2-4H,1H3;2*2-5H,1H3;2-6H,1H3;1H;/q;;;;;+1/p-1. The fourth-order valence-corrected chi connectivity index (χ4v) is 2.86. The van der Waals surface area contributed by atoms with Gasteiger partial charge < -0.3 is 12.4 Å². The van der Waals surface area contributed by atoms with E-state index in [4.69, 9.17) is 46.4 Å². The predicted octanol–water partition coefficient (Wildman–Crippen LogP) is 4.60.